The summed E-state index contributed by atoms with van der Waals surface area (Å²) in [5.74, 6) is -0.476. The number of carbonyl (C=O) groups is 1. The van der Waals surface area contributed by atoms with Gasteiger partial charge in [-0.15, -0.1) is 0 Å². The first-order chi connectivity index (χ1) is 14.1. The first-order valence-electron chi connectivity index (χ1n) is 9.05. The molecule has 2 N–H and O–H groups in total. The minimum Gasteiger partial charge on any atom is -0.506 e. The summed E-state index contributed by atoms with van der Waals surface area (Å²) >= 11 is 5.84. The van der Waals surface area contributed by atoms with Crippen molar-refractivity contribution < 1.29 is 9.90 Å². The lowest BCUT2D eigenvalue weighted by Gasteiger charge is -2.06. The van der Waals surface area contributed by atoms with Crippen LogP contribution in [0.25, 0.3) is 10.9 Å². The largest absolute Gasteiger partial charge is 0.506 e. The highest BCUT2D eigenvalue weighted by atomic mass is 35.5. The molecule has 0 radical (unpaired) electrons. The highest BCUT2D eigenvalue weighted by Gasteiger charge is 2.08. The Kier molecular flexibility index (Phi) is 5.31. The highest BCUT2D eigenvalue weighted by Crippen LogP contribution is 2.23. The van der Waals surface area contributed by atoms with Gasteiger partial charge in [0.25, 0.3) is 5.91 Å². The Morgan fingerprint density at radius 2 is 1.90 bits per heavy atom. The van der Waals surface area contributed by atoms with Crippen molar-refractivity contribution in [3.63, 3.8) is 0 Å². The maximum Gasteiger partial charge on any atom is 0.271 e. The molecular formula is C23H18ClN3O2. The Hall–Kier alpha value is -3.57. The quantitative estimate of drug-likeness (QED) is 0.371. The molecule has 0 aliphatic carbocycles. The minimum absolute atomic E-state index is 0.0709. The van der Waals surface area contributed by atoms with Crippen LogP contribution >= 0.6 is 11.6 Å². The van der Waals surface area contributed by atoms with E-state index in [2.05, 4.69) is 33.3 Å². The summed E-state index contributed by atoms with van der Waals surface area (Å²) in [7, 11) is 0. The van der Waals surface area contributed by atoms with Crippen LogP contribution in [-0.4, -0.2) is 21.8 Å². The number of carbonyl (C=O) groups excluding carboxylic acids is 1. The molecule has 6 heteroatoms. The smallest absolute Gasteiger partial charge is 0.271 e. The summed E-state index contributed by atoms with van der Waals surface area (Å²) in [5.41, 5.74) is 6.02. The number of amides is 1. The van der Waals surface area contributed by atoms with Crippen molar-refractivity contribution in [2.45, 2.75) is 6.54 Å². The van der Waals surface area contributed by atoms with Gasteiger partial charge in [-0.05, 0) is 35.9 Å². The van der Waals surface area contributed by atoms with E-state index in [9.17, 15) is 9.90 Å². The standard InChI is InChI=1S/C23H18ClN3O2/c24-20-13-17(9-10-22(20)28)23(29)26-25-14-18-7-4-8-21-19(18)11-12-27(21)15-16-5-2-1-3-6-16/h1-14,28H,15H2,(H,26,29)/b25-14+. The van der Waals surface area contributed by atoms with Gasteiger partial charge in [0.05, 0.1) is 11.2 Å². The summed E-state index contributed by atoms with van der Waals surface area (Å²) < 4.78 is 2.18. The van der Waals surface area contributed by atoms with Crippen LogP contribution in [0.1, 0.15) is 21.5 Å². The zero-order valence-corrected chi connectivity index (χ0v) is 16.2. The van der Waals surface area contributed by atoms with Gasteiger partial charge in [-0.2, -0.15) is 5.10 Å². The van der Waals surface area contributed by atoms with Crippen molar-refractivity contribution in [3.8, 4) is 5.75 Å². The van der Waals surface area contributed by atoms with E-state index in [-0.39, 0.29) is 10.8 Å². The number of aromatic nitrogens is 1. The van der Waals surface area contributed by atoms with Crippen LogP contribution < -0.4 is 5.43 Å². The van der Waals surface area contributed by atoms with Gasteiger partial charge < -0.3 is 9.67 Å². The Morgan fingerprint density at radius 3 is 2.69 bits per heavy atom. The highest BCUT2D eigenvalue weighted by molar-refractivity contribution is 6.32. The molecule has 0 aliphatic heterocycles. The zero-order chi connectivity index (χ0) is 20.2. The topological polar surface area (TPSA) is 66.6 Å². The molecule has 3 aromatic carbocycles. The van der Waals surface area contributed by atoms with Gasteiger partial charge in [-0.3, -0.25) is 4.79 Å². The fourth-order valence-electron chi connectivity index (χ4n) is 3.15. The molecule has 0 spiro atoms. The van der Waals surface area contributed by atoms with Crippen molar-refractivity contribution in [1.82, 2.24) is 9.99 Å². The molecule has 0 bridgehead atoms. The van der Waals surface area contributed by atoms with Gasteiger partial charge in [-0.1, -0.05) is 54.1 Å². The first kappa shape index (κ1) is 18.8. The van der Waals surface area contributed by atoms with Crippen LogP contribution in [0.15, 0.2) is 84.1 Å². The van der Waals surface area contributed by atoms with E-state index in [1.54, 1.807) is 6.21 Å². The predicted octanol–water partition coefficient (Wildman–Crippen LogP) is 4.81. The molecule has 4 aromatic rings. The summed E-state index contributed by atoms with van der Waals surface area (Å²) in [5, 5.41) is 14.7. The maximum atomic E-state index is 12.2. The molecule has 0 unspecified atom stereocenters. The number of hydrazone groups is 1. The average molecular weight is 404 g/mol. The first-order valence-corrected chi connectivity index (χ1v) is 9.43. The summed E-state index contributed by atoms with van der Waals surface area (Å²) in [4.78, 5) is 12.2. The van der Waals surface area contributed by atoms with E-state index in [0.717, 1.165) is 23.0 Å². The SMILES string of the molecule is O=C(N/N=C/c1cccc2c1ccn2Cc1ccccc1)c1ccc(O)c(Cl)c1. The van der Waals surface area contributed by atoms with Gasteiger partial charge in [0.2, 0.25) is 0 Å². The van der Waals surface area contributed by atoms with Crippen LogP contribution in [0.4, 0.5) is 0 Å². The van der Waals surface area contributed by atoms with Gasteiger partial charge in [0, 0.05) is 34.8 Å². The lowest BCUT2D eigenvalue weighted by Crippen LogP contribution is -2.17. The zero-order valence-electron chi connectivity index (χ0n) is 15.4. The molecule has 29 heavy (non-hydrogen) atoms. The van der Waals surface area contributed by atoms with Crippen molar-refractivity contribution in [2.75, 3.05) is 0 Å². The summed E-state index contributed by atoms with van der Waals surface area (Å²) in [6.45, 7) is 0.781. The maximum absolute atomic E-state index is 12.2. The number of nitrogens with zero attached hydrogens (tertiary/aromatic N) is 2. The second-order valence-electron chi connectivity index (χ2n) is 6.57. The van der Waals surface area contributed by atoms with Crippen molar-refractivity contribution in [3.05, 3.63) is 101 Å². The molecule has 0 saturated carbocycles. The number of aromatic hydroxyl groups is 1. The van der Waals surface area contributed by atoms with Gasteiger partial charge in [-0.25, -0.2) is 5.43 Å². The summed E-state index contributed by atoms with van der Waals surface area (Å²) in [6.07, 6.45) is 3.67. The second-order valence-corrected chi connectivity index (χ2v) is 6.98. The molecule has 1 heterocycles. The number of hydrogen-bond acceptors (Lipinski definition) is 3. The van der Waals surface area contributed by atoms with E-state index < -0.39 is 5.91 Å². The number of hydrogen-bond donors (Lipinski definition) is 2. The Morgan fingerprint density at radius 1 is 1.07 bits per heavy atom. The van der Waals surface area contributed by atoms with Crippen LogP contribution in [0.3, 0.4) is 0 Å². The molecule has 1 aromatic heterocycles. The van der Waals surface area contributed by atoms with Crippen molar-refractivity contribution in [1.29, 1.82) is 0 Å². The molecule has 4 rings (SSSR count). The van der Waals surface area contributed by atoms with Crippen molar-refractivity contribution in [2.24, 2.45) is 5.10 Å². The molecule has 5 nitrogen and oxygen atoms in total. The number of rotatable bonds is 5. The lowest BCUT2D eigenvalue weighted by atomic mass is 10.1. The van der Waals surface area contributed by atoms with Crippen LogP contribution in [0, 0.1) is 0 Å². The van der Waals surface area contributed by atoms with Gasteiger partial charge >= 0.3 is 0 Å². The molecule has 0 aliphatic rings. The van der Waals surface area contributed by atoms with Crippen molar-refractivity contribution >= 4 is 34.6 Å². The van der Waals surface area contributed by atoms with E-state index >= 15 is 0 Å². The number of halogens is 1. The Labute approximate surface area is 172 Å². The minimum atomic E-state index is -0.406. The third-order valence-corrected chi connectivity index (χ3v) is 4.93. The van der Waals surface area contributed by atoms with Gasteiger partial charge in [0.15, 0.2) is 0 Å². The number of nitrogens with one attached hydrogen (secondary N) is 1. The third kappa shape index (κ3) is 4.15. The van der Waals surface area contributed by atoms with Crippen LogP contribution in [-0.2, 0) is 6.54 Å². The van der Waals surface area contributed by atoms with Gasteiger partial charge in [0.1, 0.15) is 5.75 Å². The monoisotopic (exact) mass is 403 g/mol. The second kappa shape index (κ2) is 8.20. The number of phenols is 1. The number of benzene rings is 3. The Bertz CT molecular complexity index is 1200. The fourth-order valence-corrected chi connectivity index (χ4v) is 3.33. The average Bonchev–Trinajstić information content (AvgIpc) is 3.14. The van der Waals surface area contributed by atoms with E-state index in [1.165, 1.54) is 23.8 Å². The molecular weight excluding hydrogens is 386 g/mol. The number of fused-ring (bicyclic) bond motifs is 1. The number of phenolic OH excluding ortho intramolecular Hbond substituents is 1. The Balaban J connectivity index is 1.52. The third-order valence-electron chi connectivity index (χ3n) is 4.62. The van der Waals surface area contributed by atoms with E-state index in [4.69, 9.17) is 11.6 Å². The fraction of sp³-hybridized carbons (Fsp3) is 0.0435. The van der Waals surface area contributed by atoms with E-state index in [1.807, 2.05) is 42.6 Å². The predicted molar refractivity (Wildman–Crippen MR) is 116 cm³/mol. The van der Waals surface area contributed by atoms with E-state index in [0.29, 0.717) is 5.56 Å². The molecule has 144 valence electrons. The molecule has 0 atom stereocenters. The molecule has 1 amide bonds. The normalized spacial score (nSPS) is 11.2. The van der Waals surface area contributed by atoms with Crippen LogP contribution in [0.5, 0.6) is 5.75 Å². The lowest BCUT2D eigenvalue weighted by molar-refractivity contribution is 0.0955. The molecule has 0 fully saturated rings. The molecule has 0 saturated heterocycles. The summed E-state index contributed by atoms with van der Waals surface area (Å²) in [6, 6.07) is 22.5. The van der Waals surface area contributed by atoms with Crippen LogP contribution in [0.2, 0.25) is 5.02 Å².